The number of ether oxygens (including phenoxy) is 1. The van der Waals surface area contributed by atoms with Crippen molar-refractivity contribution in [1.82, 2.24) is 9.69 Å². The highest BCUT2D eigenvalue weighted by Gasteiger charge is 2.38. The minimum absolute atomic E-state index is 0.00186. The quantitative estimate of drug-likeness (QED) is 0.418. The van der Waals surface area contributed by atoms with Crippen LogP contribution >= 0.6 is 11.5 Å². The molecular weight excluding hydrogens is 482 g/mol. The second kappa shape index (κ2) is 10.8. The fourth-order valence-electron chi connectivity index (χ4n) is 4.38. The van der Waals surface area contributed by atoms with Crippen LogP contribution in [0.4, 0.5) is 11.4 Å². The van der Waals surface area contributed by atoms with Crippen LogP contribution in [0, 0.1) is 6.92 Å². The van der Waals surface area contributed by atoms with Gasteiger partial charge in [0.15, 0.2) is 11.7 Å². The highest BCUT2D eigenvalue weighted by Crippen LogP contribution is 2.35. The number of aromatic nitrogens is 1. The molecular formula is C25H29N5O5S. The van der Waals surface area contributed by atoms with E-state index >= 15 is 0 Å². The normalized spacial score (nSPS) is 14.7. The molecule has 1 aliphatic rings. The number of carbonyl (C=O) groups is 3. The molecule has 1 fully saturated rings. The molecule has 10 nitrogen and oxygen atoms in total. The number of aryl methyl sites for hydroxylation is 1. The molecule has 3 amide bonds. The largest absolute Gasteiger partial charge is 0.497 e. The molecule has 190 valence electrons. The van der Waals surface area contributed by atoms with E-state index in [0.29, 0.717) is 17.2 Å². The van der Waals surface area contributed by atoms with E-state index in [4.69, 9.17) is 20.6 Å². The number of methoxy groups -OCH3 is 1. The first-order valence-electron chi connectivity index (χ1n) is 11.7. The highest BCUT2D eigenvalue weighted by atomic mass is 32.1. The van der Waals surface area contributed by atoms with E-state index < -0.39 is 17.9 Å². The lowest BCUT2D eigenvalue weighted by Gasteiger charge is -2.32. The summed E-state index contributed by atoms with van der Waals surface area (Å²) in [7, 11) is 1.51. The Hall–Kier alpha value is -3.86. The van der Waals surface area contributed by atoms with E-state index in [1.54, 1.807) is 43.3 Å². The van der Waals surface area contributed by atoms with Gasteiger partial charge in [-0.15, -0.1) is 0 Å². The number of anilines is 2. The summed E-state index contributed by atoms with van der Waals surface area (Å²) in [6.45, 7) is 1.76. The minimum atomic E-state index is -1.15. The molecule has 0 saturated heterocycles. The molecule has 0 aliphatic heterocycles. The van der Waals surface area contributed by atoms with Crippen molar-refractivity contribution in [1.29, 1.82) is 0 Å². The summed E-state index contributed by atoms with van der Waals surface area (Å²) in [5.41, 5.74) is 11.5. The molecule has 1 atom stereocenters. The first kappa shape index (κ1) is 25.2. The van der Waals surface area contributed by atoms with Crippen molar-refractivity contribution in [2.45, 2.75) is 51.1 Å². The van der Waals surface area contributed by atoms with Crippen molar-refractivity contribution in [3.63, 3.8) is 0 Å². The van der Waals surface area contributed by atoms with Gasteiger partial charge in [-0.1, -0.05) is 25.3 Å². The van der Waals surface area contributed by atoms with Gasteiger partial charge in [-0.25, -0.2) is 0 Å². The van der Waals surface area contributed by atoms with Crippen molar-refractivity contribution >= 4 is 40.6 Å². The lowest BCUT2D eigenvalue weighted by molar-refractivity contribution is -0.123. The standard InChI is InChI=1S/C25H29N5O5S/c1-14-11-12-18(35-14)21(24(32)28-15-7-4-3-5-8-15)30(16-9-6-10-17(13-16)34-2)25(33)22-19(26)20(23(27)31)29-36-22/h6,9-13,15,21H,3-5,7-8,26H2,1-2H3,(H2,27,31)(H,28,32)/t21-/m1/s1. The van der Waals surface area contributed by atoms with E-state index in [0.717, 1.165) is 43.6 Å². The summed E-state index contributed by atoms with van der Waals surface area (Å²) in [6, 6.07) is 9.02. The molecule has 5 N–H and O–H groups in total. The molecule has 36 heavy (non-hydrogen) atoms. The van der Waals surface area contributed by atoms with Crippen LogP contribution in [0.1, 0.15) is 69.8 Å². The Kier molecular flexibility index (Phi) is 7.58. The van der Waals surface area contributed by atoms with Gasteiger partial charge in [0.2, 0.25) is 0 Å². The number of rotatable bonds is 8. The molecule has 1 aliphatic carbocycles. The van der Waals surface area contributed by atoms with Crippen LogP contribution in [-0.2, 0) is 4.79 Å². The maximum Gasteiger partial charge on any atom is 0.273 e. The maximum atomic E-state index is 14.0. The van der Waals surface area contributed by atoms with E-state index in [9.17, 15) is 14.4 Å². The van der Waals surface area contributed by atoms with Crippen LogP contribution < -0.4 is 26.4 Å². The van der Waals surface area contributed by atoms with Crippen LogP contribution in [-0.4, -0.2) is 35.2 Å². The molecule has 2 aromatic heterocycles. The van der Waals surface area contributed by atoms with Gasteiger partial charge < -0.3 is 25.9 Å². The Morgan fingerprint density at radius 2 is 1.94 bits per heavy atom. The van der Waals surface area contributed by atoms with Crippen molar-refractivity contribution in [3.8, 4) is 5.75 Å². The predicted octanol–water partition coefficient (Wildman–Crippen LogP) is 3.57. The average molecular weight is 512 g/mol. The molecule has 1 aromatic carbocycles. The number of nitrogens with two attached hydrogens (primary N) is 2. The topological polar surface area (TPSA) is 154 Å². The molecule has 3 aromatic rings. The molecule has 2 heterocycles. The fraction of sp³-hybridized carbons (Fsp3) is 0.360. The summed E-state index contributed by atoms with van der Waals surface area (Å²) < 4.78 is 15.2. The molecule has 0 radical (unpaired) electrons. The second-order valence-corrected chi connectivity index (χ2v) is 9.48. The van der Waals surface area contributed by atoms with Gasteiger partial charge in [0, 0.05) is 17.8 Å². The zero-order chi connectivity index (χ0) is 25.8. The highest BCUT2D eigenvalue weighted by molar-refractivity contribution is 7.09. The van der Waals surface area contributed by atoms with Gasteiger partial charge in [0.1, 0.15) is 22.1 Å². The zero-order valence-corrected chi connectivity index (χ0v) is 21.0. The molecule has 11 heteroatoms. The Morgan fingerprint density at radius 3 is 2.56 bits per heavy atom. The fourth-order valence-corrected chi connectivity index (χ4v) is 5.13. The Bertz CT molecular complexity index is 1260. The lowest BCUT2D eigenvalue weighted by Crippen LogP contribution is -2.47. The van der Waals surface area contributed by atoms with Crippen molar-refractivity contribution in [2.75, 3.05) is 17.7 Å². The Morgan fingerprint density at radius 1 is 1.19 bits per heavy atom. The van der Waals surface area contributed by atoms with E-state index in [-0.39, 0.29) is 34.0 Å². The number of nitrogens with zero attached hydrogens (tertiary/aromatic N) is 2. The Balaban J connectivity index is 1.83. The Labute approximate surface area is 212 Å². The van der Waals surface area contributed by atoms with E-state index in [2.05, 4.69) is 9.69 Å². The van der Waals surface area contributed by atoms with Crippen molar-refractivity contribution < 1.29 is 23.5 Å². The summed E-state index contributed by atoms with van der Waals surface area (Å²) in [5.74, 6) is -0.484. The summed E-state index contributed by atoms with van der Waals surface area (Å²) in [4.78, 5) is 40.9. The third-order valence-corrected chi connectivity index (χ3v) is 7.05. The summed E-state index contributed by atoms with van der Waals surface area (Å²) in [5, 5.41) is 3.11. The van der Waals surface area contributed by atoms with Gasteiger partial charge >= 0.3 is 0 Å². The number of amides is 3. The predicted molar refractivity (Wildman–Crippen MR) is 136 cm³/mol. The summed E-state index contributed by atoms with van der Waals surface area (Å²) >= 11 is 0.750. The summed E-state index contributed by atoms with van der Waals surface area (Å²) in [6.07, 6.45) is 4.93. The maximum absolute atomic E-state index is 14.0. The van der Waals surface area contributed by atoms with Crippen LogP contribution in [0.2, 0.25) is 0 Å². The number of nitrogen functional groups attached to an aromatic ring is 1. The SMILES string of the molecule is COc1cccc(N(C(=O)c2snc(C(N)=O)c2N)[C@@H](C(=O)NC2CCCCC2)c2ccc(C)o2)c1. The molecule has 0 bridgehead atoms. The average Bonchev–Trinajstić information content (AvgIpc) is 3.47. The third-order valence-electron chi connectivity index (χ3n) is 6.19. The number of hydrogen-bond donors (Lipinski definition) is 3. The smallest absolute Gasteiger partial charge is 0.273 e. The molecule has 0 unspecified atom stereocenters. The second-order valence-electron chi connectivity index (χ2n) is 8.71. The first-order chi connectivity index (χ1) is 17.3. The lowest BCUT2D eigenvalue weighted by atomic mass is 9.95. The van der Waals surface area contributed by atoms with Gasteiger partial charge in [-0.2, -0.15) is 4.37 Å². The first-order valence-corrected chi connectivity index (χ1v) is 12.5. The van der Waals surface area contributed by atoms with Gasteiger partial charge in [0.05, 0.1) is 12.8 Å². The zero-order valence-electron chi connectivity index (χ0n) is 20.2. The van der Waals surface area contributed by atoms with Crippen LogP contribution in [0.3, 0.4) is 0 Å². The molecule has 4 rings (SSSR count). The number of primary amides is 1. The van der Waals surface area contributed by atoms with Crippen LogP contribution in [0.5, 0.6) is 5.75 Å². The molecule has 0 spiro atoms. The van der Waals surface area contributed by atoms with E-state index in [1.165, 1.54) is 12.0 Å². The van der Waals surface area contributed by atoms with Crippen molar-refractivity contribution in [3.05, 3.63) is 58.5 Å². The third kappa shape index (κ3) is 5.20. The van der Waals surface area contributed by atoms with Gasteiger partial charge in [-0.05, 0) is 55.6 Å². The van der Waals surface area contributed by atoms with Gasteiger partial charge in [-0.3, -0.25) is 19.3 Å². The number of hydrogen-bond acceptors (Lipinski definition) is 8. The van der Waals surface area contributed by atoms with E-state index in [1.807, 2.05) is 0 Å². The number of nitrogens with one attached hydrogen (secondary N) is 1. The van der Waals surface area contributed by atoms with Crippen LogP contribution in [0.15, 0.2) is 40.8 Å². The minimum Gasteiger partial charge on any atom is -0.497 e. The number of benzene rings is 1. The monoisotopic (exact) mass is 511 g/mol. The van der Waals surface area contributed by atoms with Gasteiger partial charge in [0.25, 0.3) is 17.7 Å². The van der Waals surface area contributed by atoms with Crippen molar-refractivity contribution in [2.24, 2.45) is 5.73 Å². The number of carbonyl (C=O) groups excluding carboxylic acids is 3. The van der Waals surface area contributed by atoms with Crippen LogP contribution in [0.25, 0.3) is 0 Å². The molecule has 1 saturated carbocycles. The number of furan rings is 1.